The molecule has 1 aliphatic heterocycles. The highest BCUT2D eigenvalue weighted by molar-refractivity contribution is 5.22. The van der Waals surface area contributed by atoms with Crippen LogP contribution < -0.4 is 5.32 Å². The molecule has 0 amide bonds. The minimum Gasteiger partial charge on any atom is -0.374 e. The van der Waals surface area contributed by atoms with Gasteiger partial charge in [-0.05, 0) is 30.5 Å². The molecule has 1 unspecified atom stereocenters. The number of morpholine rings is 1. The van der Waals surface area contributed by atoms with Gasteiger partial charge in [-0.1, -0.05) is 38.1 Å². The maximum Gasteiger partial charge on any atom is 0.0826 e. The van der Waals surface area contributed by atoms with Crippen LogP contribution in [0.3, 0.4) is 0 Å². The summed E-state index contributed by atoms with van der Waals surface area (Å²) in [5.74, 6) is 0.724. The van der Waals surface area contributed by atoms with E-state index in [1.165, 1.54) is 17.5 Å². The highest BCUT2D eigenvalue weighted by atomic mass is 16.5. The van der Waals surface area contributed by atoms with Crippen LogP contribution in [0.2, 0.25) is 0 Å². The Morgan fingerprint density at radius 2 is 1.95 bits per heavy atom. The van der Waals surface area contributed by atoms with Crippen molar-refractivity contribution in [2.24, 2.45) is 5.92 Å². The lowest BCUT2D eigenvalue weighted by molar-refractivity contribution is -0.0291. The number of hydrogen-bond acceptors (Lipinski definition) is 3. The lowest BCUT2D eigenvalue weighted by Gasteiger charge is -2.32. The summed E-state index contributed by atoms with van der Waals surface area (Å²) in [5.41, 5.74) is 2.85. The third-order valence-corrected chi connectivity index (χ3v) is 3.73. The first-order valence-corrected chi connectivity index (χ1v) is 7.73. The van der Waals surface area contributed by atoms with Gasteiger partial charge in [-0.15, -0.1) is 0 Å². The first kappa shape index (κ1) is 15.5. The molecular formula is C17H28N2O. The highest BCUT2D eigenvalue weighted by Crippen LogP contribution is 2.13. The molecule has 1 saturated heterocycles. The van der Waals surface area contributed by atoms with Gasteiger partial charge in [0.2, 0.25) is 0 Å². The van der Waals surface area contributed by atoms with Crippen molar-refractivity contribution < 1.29 is 4.74 Å². The van der Waals surface area contributed by atoms with Crippen LogP contribution in [0.25, 0.3) is 0 Å². The van der Waals surface area contributed by atoms with E-state index in [1.54, 1.807) is 0 Å². The van der Waals surface area contributed by atoms with Crippen LogP contribution in [0.15, 0.2) is 24.3 Å². The van der Waals surface area contributed by atoms with Crippen LogP contribution in [0.1, 0.15) is 25.0 Å². The topological polar surface area (TPSA) is 24.5 Å². The lowest BCUT2D eigenvalue weighted by atomic mass is 10.0. The van der Waals surface area contributed by atoms with E-state index in [-0.39, 0.29) is 0 Å². The highest BCUT2D eigenvalue weighted by Gasteiger charge is 2.19. The fourth-order valence-electron chi connectivity index (χ4n) is 2.79. The number of hydrogen-bond donors (Lipinski definition) is 1. The predicted octanol–water partition coefficient (Wildman–Crippen LogP) is 2.31. The molecule has 1 aromatic rings. The number of nitrogens with one attached hydrogen (secondary N) is 1. The molecule has 1 fully saturated rings. The molecule has 0 radical (unpaired) electrons. The number of likely N-dealkylation sites (N-methyl/N-ethyl adjacent to an activating group) is 1. The molecule has 0 saturated carbocycles. The largest absolute Gasteiger partial charge is 0.374 e. The Hall–Kier alpha value is -0.900. The van der Waals surface area contributed by atoms with E-state index in [1.807, 2.05) is 7.05 Å². The summed E-state index contributed by atoms with van der Waals surface area (Å²) in [6, 6.07) is 9.11. The molecule has 0 aliphatic carbocycles. The zero-order valence-corrected chi connectivity index (χ0v) is 13.1. The standard InChI is InChI=1S/C17H28N2O/c1-14(2)10-15-4-6-16(7-5-15)12-19-8-9-20-17(13-19)11-18-3/h4-7,14,17-18H,8-13H2,1-3H3. The van der Waals surface area contributed by atoms with Crippen molar-refractivity contribution in [2.75, 3.05) is 33.3 Å². The Morgan fingerprint density at radius 1 is 1.25 bits per heavy atom. The quantitative estimate of drug-likeness (QED) is 0.863. The van der Waals surface area contributed by atoms with Gasteiger partial charge >= 0.3 is 0 Å². The number of ether oxygens (including phenoxy) is 1. The Balaban J connectivity index is 1.86. The zero-order chi connectivity index (χ0) is 14.4. The fraction of sp³-hybridized carbons (Fsp3) is 0.647. The Morgan fingerprint density at radius 3 is 2.60 bits per heavy atom. The van der Waals surface area contributed by atoms with Gasteiger partial charge in [-0.3, -0.25) is 4.90 Å². The summed E-state index contributed by atoms with van der Waals surface area (Å²) in [4.78, 5) is 2.49. The Bertz CT molecular complexity index is 386. The average molecular weight is 276 g/mol. The van der Waals surface area contributed by atoms with E-state index in [0.29, 0.717) is 6.10 Å². The molecule has 3 heteroatoms. The molecule has 112 valence electrons. The Labute approximate surface area is 123 Å². The summed E-state index contributed by atoms with van der Waals surface area (Å²) in [6.45, 7) is 9.41. The fourth-order valence-corrected chi connectivity index (χ4v) is 2.79. The molecule has 0 spiro atoms. The number of benzene rings is 1. The summed E-state index contributed by atoms with van der Waals surface area (Å²) in [7, 11) is 1.98. The number of rotatable bonds is 6. The van der Waals surface area contributed by atoms with Crippen molar-refractivity contribution in [3.8, 4) is 0 Å². The van der Waals surface area contributed by atoms with Crippen molar-refractivity contribution in [1.82, 2.24) is 10.2 Å². The van der Waals surface area contributed by atoms with E-state index < -0.39 is 0 Å². The van der Waals surface area contributed by atoms with E-state index in [0.717, 1.165) is 38.7 Å². The van der Waals surface area contributed by atoms with Gasteiger partial charge in [0, 0.05) is 26.2 Å². The normalized spacial score (nSPS) is 20.5. The van der Waals surface area contributed by atoms with Crippen LogP contribution in [0, 0.1) is 5.92 Å². The molecule has 0 bridgehead atoms. The third kappa shape index (κ3) is 4.89. The third-order valence-electron chi connectivity index (χ3n) is 3.73. The van der Waals surface area contributed by atoms with Crippen molar-refractivity contribution in [3.05, 3.63) is 35.4 Å². The molecule has 1 aromatic carbocycles. The summed E-state index contributed by atoms with van der Waals surface area (Å²) >= 11 is 0. The van der Waals surface area contributed by atoms with Gasteiger partial charge in [-0.25, -0.2) is 0 Å². The van der Waals surface area contributed by atoms with Gasteiger partial charge in [0.1, 0.15) is 0 Å². The van der Waals surface area contributed by atoms with E-state index in [9.17, 15) is 0 Å². The van der Waals surface area contributed by atoms with Gasteiger partial charge in [0.15, 0.2) is 0 Å². The van der Waals surface area contributed by atoms with Gasteiger partial charge in [0.25, 0.3) is 0 Å². The monoisotopic (exact) mass is 276 g/mol. The molecular weight excluding hydrogens is 248 g/mol. The van der Waals surface area contributed by atoms with Crippen LogP contribution in [0.5, 0.6) is 0 Å². The molecule has 20 heavy (non-hydrogen) atoms. The number of nitrogens with zero attached hydrogens (tertiary/aromatic N) is 1. The first-order valence-electron chi connectivity index (χ1n) is 7.73. The Kier molecular flexibility index (Phi) is 6.02. The summed E-state index contributed by atoms with van der Waals surface area (Å²) in [5, 5.41) is 3.20. The zero-order valence-electron chi connectivity index (χ0n) is 13.1. The van der Waals surface area contributed by atoms with Crippen molar-refractivity contribution in [3.63, 3.8) is 0 Å². The maximum atomic E-state index is 5.74. The van der Waals surface area contributed by atoms with E-state index in [4.69, 9.17) is 4.74 Å². The predicted molar refractivity (Wildman–Crippen MR) is 83.9 cm³/mol. The van der Waals surface area contributed by atoms with Crippen molar-refractivity contribution in [1.29, 1.82) is 0 Å². The summed E-state index contributed by atoms with van der Waals surface area (Å²) < 4.78 is 5.74. The second-order valence-corrected chi connectivity index (χ2v) is 6.20. The first-order chi connectivity index (χ1) is 9.67. The van der Waals surface area contributed by atoms with Crippen LogP contribution in [-0.2, 0) is 17.7 Å². The lowest BCUT2D eigenvalue weighted by Crippen LogP contribution is -2.45. The summed E-state index contributed by atoms with van der Waals surface area (Å²) in [6.07, 6.45) is 1.50. The minimum atomic E-state index is 0.328. The minimum absolute atomic E-state index is 0.328. The molecule has 0 aromatic heterocycles. The van der Waals surface area contributed by atoms with E-state index >= 15 is 0 Å². The molecule has 1 aliphatic rings. The second-order valence-electron chi connectivity index (χ2n) is 6.20. The van der Waals surface area contributed by atoms with Crippen LogP contribution in [0.4, 0.5) is 0 Å². The van der Waals surface area contributed by atoms with Crippen LogP contribution >= 0.6 is 0 Å². The van der Waals surface area contributed by atoms with Crippen molar-refractivity contribution >= 4 is 0 Å². The second kappa shape index (κ2) is 7.77. The van der Waals surface area contributed by atoms with E-state index in [2.05, 4.69) is 48.3 Å². The van der Waals surface area contributed by atoms with Gasteiger partial charge in [0.05, 0.1) is 12.7 Å². The van der Waals surface area contributed by atoms with Gasteiger partial charge < -0.3 is 10.1 Å². The van der Waals surface area contributed by atoms with Gasteiger partial charge in [-0.2, -0.15) is 0 Å². The molecule has 1 N–H and O–H groups in total. The maximum absolute atomic E-state index is 5.74. The SMILES string of the molecule is CNCC1CN(Cc2ccc(CC(C)C)cc2)CCO1. The van der Waals surface area contributed by atoms with Crippen LogP contribution in [-0.4, -0.2) is 44.3 Å². The van der Waals surface area contributed by atoms with Crippen molar-refractivity contribution in [2.45, 2.75) is 32.9 Å². The smallest absolute Gasteiger partial charge is 0.0826 e. The average Bonchev–Trinajstić information content (AvgIpc) is 2.41. The molecule has 1 heterocycles. The molecule has 2 rings (SSSR count). The molecule has 3 nitrogen and oxygen atoms in total. The molecule has 1 atom stereocenters.